The summed E-state index contributed by atoms with van der Waals surface area (Å²) in [5, 5.41) is 3.94. The Balaban J connectivity index is 1.51. The van der Waals surface area contributed by atoms with Crippen LogP contribution in [0.5, 0.6) is 28.7 Å². The Labute approximate surface area is 222 Å². The highest BCUT2D eigenvalue weighted by atomic mass is 16.5. The van der Waals surface area contributed by atoms with Gasteiger partial charge < -0.3 is 23.7 Å². The highest BCUT2D eigenvalue weighted by Crippen LogP contribution is 2.38. The van der Waals surface area contributed by atoms with Gasteiger partial charge in [-0.3, -0.25) is 4.79 Å². The minimum atomic E-state index is -0.592. The molecule has 0 fully saturated rings. The number of methoxy groups -OCH3 is 3. The van der Waals surface area contributed by atoms with E-state index in [2.05, 4.69) is 31.3 Å². The highest BCUT2D eigenvalue weighted by Gasteiger charge is 2.18. The second-order valence-electron chi connectivity index (χ2n) is 9.23. The minimum Gasteiger partial charge on any atom is -0.493 e. The zero-order valence-electron chi connectivity index (χ0n) is 22.4. The quantitative estimate of drug-likeness (QED) is 0.178. The predicted octanol–water partition coefficient (Wildman–Crippen LogP) is 4.76. The van der Waals surface area contributed by atoms with Gasteiger partial charge in [-0.2, -0.15) is 5.10 Å². The van der Waals surface area contributed by atoms with Gasteiger partial charge in [-0.1, -0.05) is 32.9 Å². The monoisotopic (exact) mass is 520 g/mol. The van der Waals surface area contributed by atoms with Gasteiger partial charge in [0.2, 0.25) is 5.75 Å². The van der Waals surface area contributed by atoms with Crippen LogP contribution in [-0.2, 0) is 10.2 Å². The van der Waals surface area contributed by atoms with Crippen molar-refractivity contribution in [3.8, 4) is 28.7 Å². The van der Waals surface area contributed by atoms with Crippen LogP contribution in [0.1, 0.15) is 42.3 Å². The molecule has 0 spiro atoms. The fourth-order valence-corrected chi connectivity index (χ4v) is 3.40. The summed E-state index contributed by atoms with van der Waals surface area (Å²) >= 11 is 0. The molecule has 9 nitrogen and oxygen atoms in total. The van der Waals surface area contributed by atoms with E-state index in [1.54, 1.807) is 24.3 Å². The third kappa shape index (κ3) is 7.49. The van der Waals surface area contributed by atoms with E-state index in [4.69, 9.17) is 23.7 Å². The molecule has 0 bridgehead atoms. The van der Waals surface area contributed by atoms with Gasteiger partial charge in [-0.15, -0.1) is 0 Å². The number of ether oxygens (including phenoxy) is 5. The molecule has 3 rings (SSSR count). The van der Waals surface area contributed by atoms with E-state index in [1.165, 1.54) is 45.2 Å². The lowest BCUT2D eigenvalue weighted by atomic mass is 9.87. The molecule has 0 saturated heterocycles. The molecular weight excluding hydrogens is 488 g/mol. The van der Waals surface area contributed by atoms with Crippen LogP contribution in [0.15, 0.2) is 65.8 Å². The largest absolute Gasteiger partial charge is 0.493 e. The Hall–Kier alpha value is -4.53. The van der Waals surface area contributed by atoms with Gasteiger partial charge in [-0.05, 0) is 65.1 Å². The summed E-state index contributed by atoms with van der Waals surface area (Å²) in [6, 6.07) is 17.3. The number of benzene rings is 3. The lowest BCUT2D eigenvalue weighted by Gasteiger charge is -2.19. The van der Waals surface area contributed by atoms with Crippen molar-refractivity contribution >= 4 is 18.1 Å². The maximum absolute atomic E-state index is 12.6. The summed E-state index contributed by atoms with van der Waals surface area (Å²) < 4.78 is 26.8. The Kier molecular flexibility index (Phi) is 9.32. The summed E-state index contributed by atoms with van der Waals surface area (Å²) in [4.78, 5) is 24.7. The molecule has 1 amide bonds. The summed E-state index contributed by atoms with van der Waals surface area (Å²) in [5.74, 6) is 1.02. The lowest BCUT2D eigenvalue weighted by Crippen LogP contribution is -2.24. The smallest absolute Gasteiger partial charge is 0.343 e. The first-order valence-electron chi connectivity index (χ1n) is 11.8. The van der Waals surface area contributed by atoms with Gasteiger partial charge in [0.15, 0.2) is 18.1 Å². The molecule has 38 heavy (non-hydrogen) atoms. The topological polar surface area (TPSA) is 105 Å². The number of hydrogen-bond acceptors (Lipinski definition) is 8. The molecule has 0 aromatic heterocycles. The molecular formula is C29H32N2O7. The van der Waals surface area contributed by atoms with Crippen molar-refractivity contribution in [2.24, 2.45) is 5.10 Å². The lowest BCUT2D eigenvalue weighted by molar-refractivity contribution is -0.123. The predicted molar refractivity (Wildman–Crippen MR) is 144 cm³/mol. The van der Waals surface area contributed by atoms with Gasteiger partial charge in [0.1, 0.15) is 11.5 Å². The zero-order chi connectivity index (χ0) is 27.7. The van der Waals surface area contributed by atoms with Gasteiger partial charge in [0.05, 0.1) is 33.1 Å². The number of esters is 1. The Morgan fingerprint density at radius 2 is 1.42 bits per heavy atom. The fraction of sp³-hybridized carbons (Fsp3) is 0.276. The maximum Gasteiger partial charge on any atom is 0.343 e. The summed E-state index contributed by atoms with van der Waals surface area (Å²) in [5.41, 5.74) is 4.58. The van der Waals surface area contributed by atoms with Crippen molar-refractivity contribution in [3.05, 3.63) is 77.4 Å². The fourth-order valence-electron chi connectivity index (χ4n) is 3.40. The van der Waals surface area contributed by atoms with Crippen molar-refractivity contribution in [1.29, 1.82) is 0 Å². The van der Waals surface area contributed by atoms with Crippen LogP contribution in [0.25, 0.3) is 0 Å². The highest BCUT2D eigenvalue weighted by molar-refractivity contribution is 5.93. The van der Waals surface area contributed by atoms with E-state index in [0.29, 0.717) is 34.3 Å². The third-order valence-corrected chi connectivity index (χ3v) is 5.48. The first kappa shape index (κ1) is 28.0. The molecule has 3 aromatic rings. The number of hydrazone groups is 1. The number of rotatable bonds is 10. The molecule has 3 aromatic carbocycles. The summed E-state index contributed by atoms with van der Waals surface area (Å²) in [7, 11) is 4.41. The van der Waals surface area contributed by atoms with Crippen molar-refractivity contribution in [2.45, 2.75) is 26.2 Å². The molecule has 9 heteroatoms. The van der Waals surface area contributed by atoms with Crippen LogP contribution in [-0.4, -0.2) is 46.0 Å². The van der Waals surface area contributed by atoms with E-state index in [-0.39, 0.29) is 17.6 Å². The average molecular weight is 521 g/mol. The average Bonchev–Trinajstić information content (AvgIpc) is 2.91. The van der Waals surface area contributed by atoms with Crippen LogP contribution < -0.4 is 29.1 Å². The first-order valence-corrected chi connectivity index (χ1v) is 11.8. The van der Waals surface area contributed by atoms with Crippen LogP contribution in [0.4, 0.5) is 0 Å². The summed E-state index contributed by atoms with van der Waals surface area (Å²) in [6.45, 7) is 6.23. The second-order valence-corrected chi connectivity index (χ2v) is 9.23. The van der Waals surface area contributed by atoms with Gasteiger partial charge in [0, 0.05) is 0 Å². The zero-order valence-corrected chi connectivity index (χ0v) is 22.4. The first-order chi connectivity index (χ1) is 18.1. The van der Waals surface area contributed by atoms with Crippen molar-refractivity contribution in [3.63, 3.8) is 0 Å². The minimum absolute atomic E-state index is 0.0449. The van der Waals surface area contributed by atoms with E-state index >= 15 is 0 Å². The Morgan fingerprint density at radius 3 is 1.95 bits per heavy atom. The molecule has 200 valence electrons. The Bertz CT molecular complexity index is 1250. The van der Waals surface area contributed by atoms with Crippen molar-refractivity contribution in [1.82, 2.24) is 5.43 Å². The Morgan fingerprint density at radius 1 is 0.842 bits per heavy atom. The molecule has 0 aliphatic carbocycles. The molecule has 0 aliphatic rings. The molecule has 0 heterocycles. The molecule has 0 atom stereocenters. The summed E-state index contributed by atoms with van der Waals surface area (Å²) in [6.07, 6.45) is 1.47. The molecule has 0 aliphatic heterocycles. The molecule has 1 N–H and O–H groups in total. The number of nitrogens with zero attached hydrogens (tertiary/aromatic N) is 1. The molecule has 0 saturated carbocycles. The standard InChI is InChI=1S/C29H32N2O7/c1-29(2,3)21-9-13-22(14-10-21)37-18-26(32)31-30-17-19-7-11-23(12-8-19)38-28(33)20-15-24(34-4)27(36-6)25(16-20)35-5/h7-17H,18H2,1-6H3,(H,31,32)/b30-17+. The van der Waals surface area contributed by atoms with Gasteiger partial charge >= 0.3 is 5.97 Å². The number of nitrogens with one attached hydrogen (secondary N) is 1. The van der Waals surface area contributed by atoms with Crippen LogP contribution >= 0.6 is 0 Å². The second kappa shape index (κ2) is 12.6. The van der Waals surface area contributed by atoms with Crippen molar-refractivity contribution in [2.75, 3.05) is 27.9 Å². The number of carbonyl (C=O) groups is 2. The molecule has 0 radical (unpaired) electrons. The van der Waals surface area contributed by atoms with E-state index in [0.717, 1.165) is 0 Å². The normalized spacial score (nSPS) is 11.1. The van der Waals surface area contributed by atoms with Gasteiger partial charge in [0.25, 0.3) is 5.91 Å². The number of amides is 1. The number of carbonyl (C=O) groups excluding carboxylic acids is 2. The van der Waals surface area contributed by atoms with Crippen LogP contribution in [0.3, 0.4) is 0 Å². The van der Waals surface area contributed by atoms with Crippen LogP contribution in [0, 0.1) is 0 Å². The maximum atomic E-state index is 12.6. The molecule has 0 unspecified atom stereocenters. The number of hydrogen-bond donors (Lipinski definition) is 1. The van der Waals surface area contributed by atoms with Crippen LogP contribution in [0.2, 0.25) is 0 Å². The van der Waals surface area contributed by atoms with Crippen molar-refractivity contribution < 1.29 is 33.3 Å². The van der Waals surface area contributed by atoms with E-state index in [9.17, 15) is 9.59 Å². The third-order valence-electron chi connectivity index (χ3n) is 5.48. The van der Waals surface area contributed by atoms with E-state index < -0.39 is 11.9 Å². The van der Waals surface area contributed by atoms with Gasteiger partial charge in [-0.25, -0.2) is 10.2 Å². The van der Waals surface area contributed by atoms with E-state index in [1.807, 2.05) is 24.3 Å². The SMILES string of the molecule is COc1cc(C(=O)Oc2ccc(/C=N/NC(=O)COc3ccc(C(C)(C)C)cc3)cc2)cc(OC)c1OC.